The summed E-state index contributed by atoms with van der Waals surface area (Å²) in [6.07, 6.45) is 0. The molecule has 0 aliphatic heterocycles. The summed E-state index contributed by atoms with van der Waals surface area (Å²) in [5.74, 6) is 0.00542. The Labute approximate surface area is 146 Å². The largest absolute Gasteiger partial charge is 0.484 e. The summed E-state index contributed by atoms with van der Waals surface area (Å²) in [7, 11) is 3.90. The summed E-state index contributed by atoms with van der Waals surface area (Å²) < 4.78 is 5.33. The number of carbonyl (C=O) groups excluding carboxylic acids is 1. The number of rotatable bonds is 8. The Morgan fingerprint density at radius 1 is 1.20 bits per heavy atom. The lowest BCUT2D eigenvalue weighted by Crippen LogP contribution is -2.36. The first-order valence-electron chi connectivity index (χ1n) is 7.82. The first-order valence-corrected chi connectivity index (χ1v) is 7.82. The van der Waals surface area contributed by atoms with E-state index in [2.05, 4.69) is 5.32 Å². The van der Waals surface area contributed by atoms with Crippen molar-refractivity contribution in [1.82, 2.24) is 10.2 Å². The van der Waals surface area contributed by atoms with Crippen molar-refractivity contribution < 1.29 is 14.5 Å². The van der Waals surface area contributed by atoms with Crippen LogP contribution in [0, 0.1) is 10.1 Å². The molecule has 0 radical (unpaired) electrons. The minimum atomic E-state index is -0.505. The molecule has 25 heavy (non-hydrogen) atoms. The van der Waals surface area contributed by atoms with Crippen molar-refractivity contribution in [2.45, 2.75) is 6.04 Å². The van der Waals surface area contributed by atoms with Gasteiger partial charge in [0.15, 0.2) is 6.61 Å². The van der Waals surface area contributed by atoms with Crippen LogP contribution in [0.3, 0.4) is 0 Å². The van der Waals surface area contributed by atoms with Gasteiger partial charge in [0.2, 0.25) is 0 Å². The van der Waals surface area contributed by atoms with E-state index in [9.17, 15) is 14.9 Å². The van der Waals surface area contributed by atoms with Gasteiger partial charge in [0, 0.05) is 12.6 Å². The van der Waals surface area contributed by atoms with Crippen LogP contribution in [-0.2, 0) is 4.79 Å². The van der Waals surface area contributed by atoms with Gasteiger partial charge in [0.1, 0.15) is 5.75 Å². The van der Waals surface area contributed by atoms with Crippen LogP contribution in [0.15, 0.2) is 54.6 Å². The predicted molar refractivity (Wildman–Crippen MR) is 94.5 cm³/mol. The zero-order chi connectivity index (χ0) is 18.2. The molecule has 2 aromatic carbocycles. The third kappa shape index (κ3) is 5.58. The number of nitrogens with one attached hydrogen (secondary N) is 1. The third-order valence-electron chi connectivity index (χ3n) is 3.70. The first-order chi connectivity index (χ1) is 12.0. The lowest BCUT2D eigenvalue weighted by Gasteiger charge is -2.25. The van der Waals surface area contributed by atoms with Gasteiger partial charge in [-0.3, -0.25) is 14.9 Å². The first kappa shape index (κ1) is 18.4. The molecule has 1 unspecified atom stereocenters. The van der Waals surface area contributed by atoms with Crippen molar-refractivity contribution >= 4 is 11.6 Å². The highest BCUT2D eigenvalue weighted by Crippen LogP contribution is 2.19. The standard InChI is InChI=1S/C18H21N3O4/c1-20(2)17(14-7-4-3-5-8-14)12-19-18(22)13-25-16-10-6-9-15(11-16)21(23)24/h3-11,17H,12-13H2,1-2H3,(H,19,22). The summed E-state index contributed by atoms with van der Waals surface area (Å²) >= 11 is 0. The van der Waals surface area contributed by atoms with E-state index in [-0.39, 0.29) is 30.0 Å². The summed E-state index contributed by atoms with van der Waals surface area (Å²) in [4.78, 5) is 24.3. The Bertz CT molecular complexity index is 719. The number of non-ortho nitro benzene ring substituents is 1. The molecular formula is C18H21N3O4. The number of carbonyl (C=O) groups is 1. The molecule has 1 atom stereocenters. The van der Waals surface area contributed by atoms with Crippen LogP contribution in [0.1, 0.15) is 11.6 Å². The Balaban J connectivity index is 1.87. The van der Waals surface area contributed by atoms with E-state index in [4.69, 9.17) is 4.74 Å². The van der Waals surface area contributed by atoms with Gasteiger partial charge in [0.25, 0.3) is 11.6 Å². The Morgan fingerprint density at radius 2 is 1.92 bits per heavy atom. The Kier molecular flexibility index (Phi) is 6.47. The van der Waals surface area contributed by atoms with E-state index < -0.39 is 4.92 Å². The molecule has 0 saturated heterocycles. The van der Waals surface area contributed by atoms with Crippen LogP contribution >= 0.6 is 0 Å². The fourth-order valence-electron chi connectivity index (χ4n) is 2.37. The fourth-order valence-corrected chi connectivity index (χ4v) is 2.37. The highest BCUT2D eigenvalue weighted by atomic mass is 16.6. The topological polar surface area (TPSA) is 84.7 Å². The van der Waals surface area contributed by atoms with Gasteiger partial charge in [-0.25, -0.2) is 0 Å². The second-order valence-corrected chi connectivity index (χ2v) is 5.74. The minimum absolute atomic E-state index is 0.0444. The van der Waals surface area contributed by atoms with Crippen LogP contribution in [0.4, 0.5) is 5.69 Å². The predicted octanol–water partition coefficient (Wildman–Crippen LogP) is 2.39. The number of benzene rings is 2. The van der Waals surface area contributed by atoms with Crippen molar-refractivity contribution in [1.29, 1.82) is 0 Å². The Morgan fingerprint density at radius 3 is 2.56 bits per heavy atom. The quantitative estimate of drug-likeness (QED) is 0.588. The van der Waals surface area contributed by atoms with E-state index in [0.29, 0.717) is 6.54 Å². The third-order valence-corrected chi connectivity index (χ3v) is 3.70. The molecule has 0 aromatic heterocycles. The number of amides is 1. The molecule has 0 aliphatic carbocycles. The van der Waals surface area contributed by atoms with Crippen molar-refractivity contribution in [2.75, 3.05) is 27.2 Å². The number of nitro groups is 1. The summed E-state index contributed by atoms with van der Waals surface area (Å²) in [5, 5.41) is 13.6. The second-order valence-electron chi connectivity index (χ2n) is 5.74. The second kappa shape index (κ2) is 8.79. The molecule has 1 amide bonds. The molecule has 2 aromatic rings. The number of ether oxygens (including phenoxy) is 1. The number of nitrogens with zero attached hydrogens (tertiary/aromatic N) is 2. The van der Waals surface area contributed by atoms with Crippen molar-refractivity contribution in [3.63, 3.8) is 0 Å². The SMILES string of the molecule is CN(C)C(CNC(=O)COc1cccc([N+](=O)[O-])c1)c1ccccc1. The molecule has 0 aliphatic rings. The molecule has 0 saturated carbocycles. The number of nitro benzene ring substituents is 1. The lowest BCUT2D eigenvalue weighted by molar-refractivity contribution is -0.384. The van der Waals surface area contributed by atoms with E-state index in [1.54, 1.807) is 6.07 Å². The van der Waals surface area contributed by atoms with Gasteiger partial charge in [0.05, 0.1) is 17.0 Å². The average molecular weight is 343 g/mol. The van der Waals surface area contributed by atoms with Gasteiger partial charge in [-0.2, -0.15) is 0 Å². The molecular weight excluding hydrogens is 322 g/mol. The molecule has 7 nitrogen and oxygen atoms in total. The van der Waals surface area contributed by atoms with E-state index in [1.165, 1.54) is 18.2 Å². The monoisotopic (exact) mass is 343 g/mol. The maximum atomic E-state index is 12.0. The molecule has 132 valence electrons. The number of likely N-dealkylation sites (N-methyl/N-ethyl adjacent to an activating group) is 1. The fraction of sp³-hybridized carbons (Fsp3) is 0.278. The van der Waals surface area contributed by atoms with Crippen LogP contribution in [-0.4, -0.2) is 43.0 Å². The highest BCUT2D eigenvalue weighted by Gasteiger charge is 2.15. The van der Waals surface area contributed by atoms with Gasteiger partial charge in [-0.05, 0) is 25.7 Å². The van der Waals surface area contributed by atoms with E-state index in [0.717, 1.165) is 5.56 Å². The maximum absolute atomic E-state index is 12.0. The summed E-state index contributed by atoms with van der Waals surface area (Å²) in [5.41, 5.74) is 1.03. The van der Waals surface area contributed by atoms with Crippen molar-refractivity contribution in [3.05, 3.63) is 70.3 Å². The van der Waals surface area contributed by atoms with Gasteiger partial charge < -0.3 is 15.0 Å². The van der Waals surface area contributed by atoms with Crippen molar-refractivity contribution in [3.8, 4) is 5.75 Å². The molecule has 0 bridgehead atoms. The molecule has 1 N–H and O–H groups in total. The van der Waals surface area contributed by atoms with Gasteiger partial charge >= 0.3 is 0 Å². The lowest BCUT2D eigenvalue weighted by atomic mass is 10.1. The zero-order valence-corrected chi connectivity index (χ0v) is 14.2. The molecule has 2 rings (SSSR count). The molecule has 0 heterocycles. The van der Waals surface area contributed by atoms with Crippen LogP contribution in [0.2, 0.25) is 0 Å². The van der Waals surface area contributed by atoms with E-state index in [1.807, 2.05) is 49.3 Å². The zero-order valence-electron chi connectivity index (χ0n) is 14.2. The van der Waals surface area contributed by atoms with E-state index >= 15 is 0 Å². The van der Waals surface area contributed by atoms with Gasteiger partial charge in [-0.1, -0.05) is 36.4 Å². The van der Waals surface area contributed by atoms with Crippen molar-refractivity contribution in [2.24, 2.45) is 0 Å². The average Bonchev–Trinajstić information content (AvgIpc) is 2.61. The summed E-state index contributed by atoms with van der Waals surface area (Å²) in [6, 6.07) is 15.7. The normalized spacial score (nSPS) is 11.8. The maximum Gasteiger partial charge on any atom is 0.273 e. The number of hydrogen-bond donors (Lipinski definition) is 1. The Hall–Kier alpha value is -2.93. The molecule has 7 heteroatoms. The molecule has 0 spiro atoms. The highest BCUT2D eigenvalue weighted by molar-refractivity contribution is 5.77. The van der Waals surface area contributed by atoms with Gasteiger partial charge in [-0.15, -0.1) is 0 Å². The smallest absolute Gasteiger partial charge is 0.273 e. The summed E-state index contributed by atoms with van der Waals surface area (Å²) in [6.45, 7) is 0.240. The number of hydrogen-bond acceptors (Lipinski definition) is 5. The van der Waals surface area contributed by atoms with Crippen LogP contribution in [0.5, 0.6) is 5.75 Å². The minimum Gasteiger partial charge on any atom is -0.484 e. The van der Waals surface area contributed by atoms with Crippen LogP contribution < -0.4 is 10.1 Å². The van der Waals surface area contributed by atoms with Crippen LogP contribution in [0.25, 0.3) is 0 Å². The molecule has 0 fully saturated rings.